The SMILES string of the molecule is C[C@@H](Cc1ccc(NC(=O)c2cccc(CNC(=O)CCN3CCC(OC(=O)C(F)(F)F)CC3)c2)cc1)NC[C@H](O)c1ccc(O)c2[nH]c(=O)ccc12. The zero-order valence-corrected chi connectivity index (χ0v) is 29.0. The van der Waals surface area contributed by atoms with Gasteiger partial charge in [0.25, 0.3) is 5.91 Å². The molecule has 1 aromatic heterocycles. The fraction of sp³-hybridized carbons (Fsp3) is 0.368. The number of fused-ring (bicyclic) bond motifs is 1. The van der Waals surface area contributed by atoms with Crippen molar-refractivity contribution in [1.82, 2.24) is 20.5 Å². The number of nitrogens with zero attached hydrogens (tertiary/aromatic N) is 1. The van der Waals surface area contributed by atoms with Crippen LogP contribution in [0.2, 0.25) is 0 Å². The molecular weight excluding hydrogens is 695 g/mol. The molecule has 15 heteroatoms. The Hall–Kier alpha value is -5.25. The molecule has 3 aromatic carbocycles. The predicted molar refractivity (Wildman–Crippen MR) is 191 cm³/mol. The second kappa shape index (κ2) is 17.5. The number of piperidine rings is 1. The second-order valence-corrected chi connectivity index (χ2v) is 13.1. The van der Waals surface area contributed by atoms with Gasteiger partial charge in [-0.25, -0.2) is 4.79 Å². The van der Waals surface area contributed by atoms with Gasteiger partial charge in [-0.05, 0) is 79.3 Å². The van der Waals surface area contributed by atoms with Gasteiger partial charge < -0.3 is 40.8 Å². The van der Waals surface area contributed by atoms with Crippen molar-refractivity contribution < 1.29 is 42.5 Å². The third kappa shape index (κ3) is 11.1. The summed E-state index contributed by atoms with van der Waals surface area (Å²) >= 11 is 0. The lowest BCUT2D eigenvalue weighted by Gasteiger charge is -2.31. The molecule has 12 nitrogen and oxygen atoms in total. The molecule has 0 radical (unpaired) electrons. The van der Waals surface area contributed by atoms with Crippen LogP contribution in [0.1, 0.15) is 59.3 Å². The Labute approximate surface area is 303 Å². The highest BCUT2D eigenvalue weighted by Gasteiger charge is 2.42. The van der Waals surface area contributed by atoms with E-state index in [4.69, 9.17) is 0 Å². The average Bonchev–Trinajstić information content (AvgIpc) is 3.13. The van der Waals surface area contributed by atoms with Gasteiger partial charge in [-0.1, -0.05) is 30.3 Å². The summed E-state index contributed by atoms with van der Waals surface area (Å²) in [7, 11) is 0. The predicted octanol–water partition coefficient (Wildman–Crippen LogP) is 4.32. The third-order valence-electron chi connectivity index (χ3n) is 9.05. The zero-order valence-electron chi connectivity index (χ0n) is 29.0. The lowest BCUT2D eigenvalue weighted by Crippen LogP contribution is -2.41. The molecule has 1 aliphatic rings. The number of hydrogen-bond donors (Lipinski definition) is 6. The lowest BCUT2D eigenvalue weighted by atomic mass is 10.0. The average molecular weight is 738 g/mol. The monoisotopic (exact) mass is 737 g/mol. The van der Waals surface area contributed by atoms with E-state index in [9.17, 15) is 42.6 Å². The van der Waals surface area contributed by atoms with Crippen molar-refractivity contribution in [3.05, 3.63) is 105 Å². The third-order valence-corrected chi connectivity index (χ3v) is 9.05. The fourth-order valence-corrected chi connectivity index (χ4v) is 6.17. The molecule has 1 aliphatic heterocycles. The second-order valence-electron chi connectivity index (χ2n) is 13.1. The Kier molecular flexibility index (Phi) is 12.9. The number of amides is 2. The molecule has 0 spiro atoms. The van der Waals surface area contributed by atoms with Crippen molar-refractivity contribution in [2.24, 2.45) is 0 Å². The molecule has 0 saturated carbocycles. The largest absolute Gasteiger partial charge is 0.506 e. The number of aromatic hydroxyl groups is 1. The van der Waals surface area contributed by atoms with Crippen LogP contribution in [0, 0.1) is 0 Å². The van der Waals surface area contributed by atoms with Gasteiger partial charge in [-0.2, -0.15) is 13.2 Å². The van der Waals surface area contributed by atoms with Crippen LogP contribution in [0.25, 0.3) is 10.9 Å². The molecule has 2 atom stereocenters. The number of phenols is 1. The molecule has 0 aliphatic carbocycles. The van der Waals surface area contributed by atoms with Crippen LogP contribution < -0.4 is 21.5 Å². The first-order valence-corrected chi connectivity index (χ1v) is 17.3. The minimum absolute atomic E-state index is 0.00298. The van der Waals surface area contributed by atoms with Crippen molar-refractivity contribution in [2.45, 2.75) is 63.6 Å². The number of hydrogen-bond acceptors (Lipinski definition) is 9. The quantitative estimate of drug-likeness (QED) is 0.103. The smallest absolute Gasteiger partial charge is 0.490 e. The highest BCUT2D eigenvalue weighted by atomic mass is 19.4. The number of nitrogens with one attached hydrogen (secondary N) is 4. The molecule has 1 fully saturated rings. The van der Waals surface area contributed by atoms with Crippen LogP contribution >= 0.6 is 0 Å². The molecule has 4 aromatic rings. The molecule has 53 heavy (non-hydrogen) atoms. The molecular formula is C38H42F3N5O7. The number of likely N-dealkylation sites (tertiary alicyclic amines) is 1. The number of alkyl halides is 3. The van der Waals surface area contributed by atoms with Crippen LogP contribution in [-0.2, 0) is 27.3 Å². The van der Waals surface area contributed by atoms with E-state index in [1.54, 1.807) is 48.5 Å². The molecule has 2 amide bonds. The van der Waals surface area contributed by atoms with E-state index < -0.39 is 24.4 Å². The Morgan fingerprint density at radius 2 is 1.74 bits per heavy atom. The summed E-state index contributed by atoms with van der Waals surface area (Å²) in [6, 6.07) is 20.3. The maximum Gasteiger partial charge on any atom is 0.490 e. The summed E-state index contributed by atoms with van der Waals surface area (Å²) in [5.74, 6) is -2.78. The van der Waals surface area contributed by atoms with E-state index in [1.165, 1.54) is 12.1 Å². The minimum atomic E-state index is -5.01. The number of rotatable bonds is 14. The fourth-order valence-electron chi connectivity index (χ4n) is 6.17. The number of aliphatic hydroxyl groups excluding tert-OH is 1. The van der Waals surface area contributed by atoms with Gasteiger partial charge in [0.15, 0.2) is 0 Å². The van der Waals surface area contributed by atoms with E-state index in [0.29, 0.717) is 48.3 Å². The molecule has 0 unspecified atom stereocenters. The molecule has 282 valence electrons. The van der Waals surface area contributed by atoms with Crippen molar-refractivity contribution >= 4 is 34.4 Å². The van der Waals surface area contributed by atoms with E-state index in [1.807, 2.05) is 24.0 Å². The van der Waals surface area contributed by atoms with Gasteiger partial charge >= 0.3 is 12.1 Å². The number of aromatic amines is 1. The minimum Gasteiger partial charge on any atom is -0.506 e. The Morgan fingerprint density at radius 1 is 1.00 bits per heavy atom. The first-order valence-electron chi connectivity index (χ1n) is 17.3. The molecule has 2 heterocycles. The van der Waals surface area contributed by atoms with Crippen LogP contribution in [0.5, 0.6) is 5.75 Å². The zero-order chi connectivity index (χ0) is 38.1. The molecule has 6 N–H and O–H groups in total. The summed E-state index contributed by atoms with van der Waals surface area (Å²) in [4.78, 5) is 52.8. The van der Waals surface area contributed by atoms with Crippen LogP contribution in [0.3, 0.4) is 0 Å². The summed E-state index contributed by atoms with van der Waals surface area (Å²) < 4.78 is 41.8. The highest BCUT2D eigenvalue weighted by molar-refractivity contribution is 6.04. The number of ether oxygens (including phenoxy) is 1. The van der Waals surface area contributed by atoms with Crippen molar-refractivity contribution in [1.29, 1.82) is 0 Å². The van der Waals surface area contributed by atoms with E-state index in [0.717, 1.165) is 11.1 Å². The van der Waals surface area contributed by atoms with Crippen molar-refractivity contribution in [3.8, 4) is 5.75 Å². The van der Waals surface area contributed by atoms with Gasteiger partial charge in [-0.3, -0.25) is 14.4 Å². The highest BCUT2D eigenvalue weighted by Crippen LogP contribution is 2.29. The summed E-state index contributed by atoms with van der Waals surface area (Å²) in [5.41, 5.74) is 3.27. The number of pyridine rings is 1. The molecule has 0 bridgehead atoms. The van der Waals surface area contributed by atoms with Gasteiger partial charge in [0.05, 0.1) is 11.6 Å². The number of anilines is 1. The lowest BCUT2D eigenvalue weighted by molar-refractivity contribution is -0.206. The number of carbonyl (C=O) groups excluding carboxylic acids is 3. The maximum atomic E-state index is 13.0. The summed E-state index contributed by atoms with van der Waals surface area (Å²) in [6.45, 7) is 3.68. The first-order chi connectivity index (χ1) is 25.2. The summed E-state index contributed by atoms with van der Waals surface area (Å²) in [6.07, 6.45) is -5.32. The van der Waals surface area contributed by atoms with Crippen molar-refractivity contribution in [3.63, 3.8) is 0 Å². The normalized spacial score (nSPS) is 15.1. The Morgan fingerprint density at radius 3 is 2.45 bits per heavy atom. The number of esters is 1. The van der Waals surface area contributed by atoms with Crippen LogP contribution in [-0.4, -0.2) is 82.4 Å². The van der Waals surface area contributed by atoms with E-state index in [-0.39, 0.29) is 67.0 Å². The summed E-state index contributed by atoms with van der Waals surface area (Å²) in [5, 5.41) is 30.6. The number of aromatic nitrogens is 1. The van der Waals surface area contributed by atoms with Gasteiger partial charge in [-0.15, -0.1) is 0 Å². The number of aliphatic hydroxyl groups is 1. The van der Waals surface area contributed by atoms with Crippen LogP contribution in [0.15, 0.2) is 77.6 Å². The van der Waals surface area contributed by atoms with E-state index >= 15 is 0 Å². The van der Waals surface area contributed by atoms with Gasteiger partial charge in [0, 0.05) is 67.9 Å². The standard InChI is InChI=1S/C38H42F3N5O7/c1-23(42-22-32(48)29-9-11-31(47)35-30(29)10-12-34(50)45-35)19-24-5-7-27(8-6-24)44-36(51)26-4-2-3-25(20-26)21-43-33(49)15-18-46-16-13-28(14-17-46)53-37(52)38(39,40)41/h2-12,20,23,28,32,42,47-48H,13-19,21-22H2,1H3,(H,43,49)(H,44,51)(H,45,50)/t23-,32-/m0/s1. The first kappa shape index (κ1) is 39.0. The van der Waals surface area contributed by atoms with Crippen LogP contribution in [0.4, 0.5) is 18.9 Å². The number of phenolic OH excluding ortho intramolecular Hbond substituents is 1. The maximum absolute atomic E-state index is 13.0. The molecule has 1 saturated heterocycles. The van der Waals surface area contributed by atoms with Crippen molar-refractivity contribution in [2.75, 3.05) is 31.5 Å². The van der Waals surface area contributed by atoms with E-state index in [2.05, 4.69) is 25.7 Å². The number of halogens is 3. The molecule has 5 rings (SSSR count). The topological polar surface area (TPSA) is 173 Å². The Bertz CT molecular complexity index is 1960. The number of carbonyl (C=O) groups is 3. The Balaban J connectivity index is 1.02. The number of benzene rings is 3. The van der Waals surface area contributed by atoms with Gasteiger partial charge in [0.2, 0.25) is 11.5 Å². The van der Waals surface area contributed by atoms with Gasteiger partial charge in [0.1, 0.15) is 11.9 Å². The number of H-pyrrole nitrogens is 1.